The van der Waals surface area contributed by atoms with Gasteiger partial charge in [-0.2, -0.15) is 0 Å². The van der Waals surface area contributed by atoms with Gasteiger partial charge in [-0.1, -0.05) is 127 Å². The predicted molar refractivity (Wildman–Crippen MR) is 170 cm³/mol. The van der Waals surface area contributed by atoms with Crippen molar-refractivity contribution in [2.24, 2.45) is 0 Å². The van der Waals surface area contributed by atoms with E-state index in [4.69, 9.17) is 9.31 Å². The average molecular weight is 535 g/mol. The van der Waals surface area contributed by atoms with Crippen LogP contribution >= 0.6 is 0 Å². The van der Waals surface area contributed by atoms with Crippen molar-refractivity contribution in [1.29, 1.82) is 0 Å². The highest BCUT2D eigenvalue weighted by Crippen LogP contribution is 2.54. The summed E-state index contributed by atoms with van der Waals surface area (Å²) < 4.78 is 12.8. The van der Waals surface area contributed by atoms with Gasteiger partial charge in [0, 0.05) is 0 Å². The van der Waals surface area contributed by atoms with Crippen LogP contribution in [0, 0.1) is 6.92 Å². The highest BCUT2D eigenvalue weighted by molar-refractivity contribution is 6.62. The molecule has 0 radical (unpaired) electrons. The highest BCUT2D eigenvalue weighted by Gasteiger charge is 2.52. The molecule has 0 atom stereocenters. The Morgan fingerprint density at radius 3 is 1.32 bits per heavy atom. The van der Waals surface area contributed by atoms with E-state index in [0.29, 0.717) is 0 Å². The Kier molecular flexibility index (Phi) is 5.90. The summed E-state index contributed by atoms with van der Waals surface area (Å²) in [5.74, 6) is 0. The van der Waals surface area contributed by atoms with Crippen molar-refractivity contribution in [3.63, 3.8) is 0 Å². The zero-order valence-corrected chi connectivity index (χ0v) is 24.4. The first-order valence-electron chi connectivity index (χ1n) is 14.5. The SMILES string of the molecule is Cc1ccc(C2(c3ccc(B4OC(C)(C)C(C)(C)O4)cc3)c3ccccc3-c3ccccc3-c3ccccc32)cc1. The van der Waals surface area contributed by atoms with E-state index in [-0.39, 0.29) is 11.2 Å². The Labute approximate surface area is 244 Å². The molecule has 1 heterocycles. The monoisotopic (exact) mass is 534 g/mol. The van der Waals surface area contributed by atoms with Crippen LogP contribution in [0.15, 0.2) is 121 Å². The molecule has 202 valence electrons. The summed E-state index contributed by atoms with van der Waals surface area (Å²) in [5, 5.41) is 0. The van der Waals surface area contributed by atoms with Crippen LogP contribution in [0.25, 0.3) is 22.3 Å². The Hall–Kier alpha value is -3.92. The maximum Gasteiger partial charge on any atom is 0.494 e. The maximum absolute atomic E-state index is 6.41. The lowest BCUT2D eigenvalue weighted by Gasteiger charge is -2.38. The van der Waals surface area contributed by atoms with Gasteiger partial charge in [0.05, 0.1) is 16.6 Å². The van der Waals surface area contributed by atoms with E-state index in [0.717, 1.165) is 5.46 Å². The standard InChI is InChI=1S/C38H35BO2/c1-26-18-20-27(21-19-26)38(28-22-24-29(25-23-28)39-40-36(2,3)37(4,5)41-39)34-16-10-8-14-32(34)30-12-6-7-13-31(30)33-15-9-11-17-35(33)38/h6-25H,1-5H3. The molecule has 1 aliphatic carbocycles. The van der Waals surface area contributed by atoms with Gasteiger partial charge < -0.3 is 9.31 Å². The lowest BCUT2D eigenvalue weighted by molar-refractivity contribution is 0.00578. The lowest BCUT2D eigenvalue weighted by Crippen LogP contribution is -2.41. The second-order valence-electron chi connectivity index (χ2n) is 12.5. The van der Waals surface area contributed by atoms with Crippen molar-refractivity contribution < 1.29 is 9.31 Å². The number of aryl methyl sites for hydroxylation is 1. The van der Waals surface area contributed by atoms with E-state index in [2.05, 4.69) is 156 Å². The summed E-state index contributed by atoms with van der Waals surface area (Å²) in [4.78, 5) is 0. The topological polar surface area (TPSA) is 18.5 Å². The van der Waals surface area contributed by atoms with Crippen molar-refractivity contribution in [2.45, 2.75) is 51.2 Å². The molecule has 2 nitrogen and oxygen atoms in total. The second kappa shape index (κ2) is 9.31. The largest absolute Gasteiger partial charge is 0.494 e. The molecule has 5 aromatic rings. The first kappa shape index (κ1) is 26.0. The van der Waals surface area contributed by atoms with E-state index in [1.165, 1.54) is 50.1 Å². The number of rotatable bonds is 3. The van der Waals surface area contributed by atoms with Crippen molar-refractivity contribution in [3.05, 3.63) is 149 Å². The first-order chi connectivity index (χ1) is 19.7. The molecule has 0 amide bonds. The smallest absolute Gasteiger partial charge is 0.399 e. The van der Waals surface area contributed by atoms with Crippen molar-refractivity contribution >= 4 is 12.6 Å². The molecule has 1 aliphatic heterocycles. The van der Waals surface area contributed by atoms with Crippen LogP contribution < -0.4 is 5.46 Å². The zero-order chi connectivity index (χ0) is 28.4. The number of benzene rings is 5. The summed E-state index contributed by atoms with van der Waals surface area (Å²) in [5.41, 5.74) is 11.1. The van der Waals surface area contributed by atoms with Crippen LogP contribution in [0.4, 0.5) is 0 Å². The molecule has 0 bridgehead atoms. The van der Waals surface area contributed by atoms with E-state index in [1.54, 1.807) is 0 Å². The third-order valence-electron chi connectivity index (χ3n) is 9.52. The van der Waals surface area contributed by atoms with Crippen molar-refractivity contribution in [3.8, 4) is 22.3 Å². The molecule has 3 heteroatoms. The molecule has 0 aromatic heterocycles. The summed E-state index contributed by atoms with van der Waals surface area (Å²) >= 11 is 0. The first-order valence-corrected chi connectivity index (χ1v) is 14.5. The van der Waals surface area contributed by atoms with Gasteiger partial charge in [-0.25, -0.2) is 0 Å². The fourth-order valence-corrected chi connectivity index (χ4v) is 6.65. The van der Waals surface area contributed by atoms with Crippen LogP contribution in [0.1, 0.15) is 55.5 Å². The molecule has 5 aromatic carbocycles. The minimum atomic E-state index is -0.533. The Morgan fingerprint density at radius 2 is 0.854 bits per heavy atom. The molecule has 1 saturated heterocycles. The van der Waals surface area contributed by atoms with E-state index < -0.39 is 12.5 Å². The quantitative estimate of drug-likeness (QED) is 0.213. The average Bonchev–Trinajstić information content (AvgIpc) is 3.14. The molecule has 0 saturated carbocycles. The summed E-state index contributed by atoms with van der Waals surface area (Å²) in [6, 6.07) is 44.7. The van der Waals surface area contributed by atoms with Crippen LogP contribution in [-0.2, 0) is 14.7 Å². The molecule has 1 fully saturated rings. The molecule has 2 aliphatic rings. The van der Waals surface area contributed by atoms with Gasteiger partial charge in [-0.15, -0.1) is 0 Å². The summed E-state index contributed by atoms with van der Waals surface area (Å²) in [7, 11) is -0.401. The zero-order valence-electron chi connectivity index (χ0n) is 24.4. The molecule has 0 spiro atoms. The van der Waals surface area contributed by atoms with E-state index in [9.17, 15) is 0 Å². The van der Waals surface area contributed by atoms with E-state index >= 15 is 0 Å². The van der Waals surface area contributed by atoms with Crippen molar-refractivity contribution in [1.82, 2.24) is 0 Å². The molecule has 0 unspecified atom stereocenters. The summed E-state index contributed by atoms with van der Waals surface area (Å²) in [6.07, 6.45) is 0. The highest BCUT2D eigenvalue weighted by atomic mass is 16.7. The molecular formula is C38H35BO2. The minimum Gasteiger partial charge on any atom is -0.399 e. The van der Waals surface area contributed by atoms with Crippen molar-refractivity contribution in [2.75, 3.05) is 0 Å². The summed E-state index contributed by atoms with van der Waals surface area (Å²) in [6.45, 7) is 10.6. The number of hydrogen-bond donors (Lipinski definition) is 0. The van der Waals surface area contributed by atoms with Gasteiger partial charge in [0.15, 0.2) is 0 Å². The molecule has 0 N–H and O–H groups in total. The Balaban J connectivity index is 1.52. The normalized spacial score (nSPS) is 17.7. The van der Waals surface area contributed by atoms with Gasteiger partial charge in [0.2, 0.25) is 0 Å². The lowest BCUT2D eigenvalue weighted by atomic mass is 9.63. The van der Waals surface area contributed by atoms with Gasteiger partial charge in [-0.3, -0.25) is 0 Å². The number of hydrogen-bond acceptors (Lipinski definition) is 2. The number of fused-ring (bicyclic) bond motifs is 5. The van der Waals surface area contributed by atoms with Crippen LogP contribution in [0.2, 0.25) is 0 Å². The fraction of sp³-hybridized carbons (Fsp3) is 0.211. The second-order valence-corrected chi connectivity index (χ2v) is 12.5. The van der Waals surface area contributed by atoms with Crippen LogP contribution in [-0.4, -0.2) is 18.3 Å². The van der Waals surface area contributed by atoms with Gasteiger partial charge >= 0.3 is 7.12 Å². The minimum absolute atomic E-state index is 0.385. The van der Waals surface area contributed by atoms with Crippen LogP contribution in [0.3, 0.4) is 0 Å². The molecule has 7 rings (SSSR count). The third-order valence-corrected chi connectivity index (χ3v) is 9.52. The van der Waals surface area contributed by atoms with Crippen LogP contribution in [0.5, 0.6) is 0 Å². The van der Waals surface area contributed by atoms with Gasteiger partial charge in [-0.05, 0) is 84.6 Å². The van der Waals surface area contributed by atoms with Gasteiger partial charge in [0.25, 0.3) is 0 Å². The third kappa shape index (κ3) is 3.87. The van der Waals surface area contributed by atoms with E-state index in [1.807, 2.05) is 0 Å². The Morgan fingerprint density at radius 1 is 0.463 bits per heavy atom. The maximum atomic E-state index is 6.41. The predicted octanol–water partition coefficient (Wildman–Crippen LogP) is 8.32. The van der Waals surface area contributed by atoms with Gasteiger partial charge in [0.1, 0.15) is 0 Å². The molecule has 41 heavy (non-hydrogen) atoms. The Bertz CT molecular complexity index is 1670. The fourth-order valence-electron chi connectivity index (χ4n) is 6.65. The molecular weight excluding hydrogens is 499 g/mol.